The molecule has 0 aliphatic carbocycles. The van der Waals surface area contributed by atoms with Crippen LogP contribution >= 0.6 is 47.2 Å². The summed E-state index contributed by atoms with van der Waals surface area (Å²) in [6.07, 6.45) is 0. The number of rotatable bonds is 10. The van der Waals surface area contributed by atoms with Crippen LogP contribution in [0.15, 0.2) is 109 Å². The van der Waals surface area contributed by atoms with Crippen molar-refractivity contribution in [2.24, 2.45) is 14.1 Å². The Bertz CT molecular complexity index is 3010. The van der Waals surface area contributed by atoms with Crippen molar-refractivity contribution in [2.45, 2.75) is 26.9 Å². The second kappa shape index (κ2) is 27.2. The monoisotopic (exact) mass is 1180 g/mol. The molecule has 2 aromatic heterocycles. The zero-order valence-corrected chi connectivity index (χ0v) is 47.8. The summed E-state index contributed by atoms with van der Waals surface area (Å²) in [7, 11) is 3.80. The zero-order chi connectivity index (χ0) is 53.0. The molecule has 0 unspecified atom stereocenters. The van der Waals surface area contributed by atoms with Gasteiger partial charge in [-0.3, -0.25) is 14.6 Å². The van der Waals surface area contributed by atoms with Gasteiger partial charge in [-0.15, -0.1) is 24.0 Å². The summed E-state index contributed by atoms with van der Waals surface area (Å²) in [4.78, 5) is 47.7. The molecule has 4 aliphatic heterocycles. The van der Waals surface area contributed by atoms with Crippen molar-refractivity contribution in [2.75, 3.05) is 124 Å². The maximum atomic E-state index is 13.5. The number of hydrogen-bond donors (Lipinski definition) is 2. The molecule has 0 saturated carbocycles. The smallest absolute Gasteiger partial charge is 0.352 e. The summed E-state index contributed by atoms with van der Waals surface area (Å²) in [5.41, 5.74) is 11.3. The molecule has 10 rings (SSSR count). The van der Waals surface area contributed by atoms with Crippen molar-refractivity contribution in [3.8, 4) is 0 Å². The molecule has 4 saturated heterocycles. The Morgan fingerprint density at radius 3 is 1.37 bits per heavy atom. The first-order chi connectivity index (χ1) is 36.3. The summed E-state index contributed by atoms with van der Waals surface area (Å²) < 4.78 is 3.79. The highest BCUT2D eigenvalue weighted by molar-refractivity contribution is 14.0. The first-order valence-electron chi connectivity index (χ1n) is 25.7. The number of piperazine rings is 4. The second-order valence-corrected chi connectivity index (χ2v) is 20.2. The fourth-order valence-electron chi connectivity index (χ4n) is 10.2. The number of carbonyl (C=O) groups is 2. The van der Waals surface area contributed by atoms with Gasteiger partial charge >= 0.3 is 5.97 Å². The van der Waals surface area contributed by atoms with Crippen LogP contribution in [0.2, 0.25) is 10.0 Å². The number of nitrogens with one attached hydrogen (secondary N) is 1. The first-order valence-corrected chi connectivity index (χ1v) is 26.5. The number of halogens is 3. The maximum absolute atomic E-state index is 13.5. The molecule has 400 valence electrons. The molecule has 4 aliphatic rings. The van der Waals surface area contributed by atoms with Gasteiger partial charge in [-0.25, -0.2) is 14.5 Å². The van der Waals surface area contributed by atoms with E-state index in [4.69, 9.17) is 36.3 Å². The third-order valence-corrected chi connectivity index (χ3v) is 15.6. The summed E-state index contributed by atoms with van der Waals surface area (Å²) in [6.45, 7) is 34.4. The van der Waals surface area contributed by atoms with Crippen LogP contribution in [-0.2, 0) is 27.2 Å². The largest absolute Gasteiger partial charge is 0.477 e. The normalized spacial score (nSPS) is 16.1. The van der Waals surface area contributed by atoms with Crippen molar-refractivity contribution in [1.82, 2.24) is 29.2 Å². The number of aromatic nitrogens is 2. The lowest BCUT2D eigenvalue weighted by Gasteiger charge is -2.36. The molecule has 15 nitrogen and oxygen atoms in total. The summed E-state index contributed by atoms with van der Waals surface area (Å²) in [6, 6.07) is 35.4. The average molecular weight is 1180 g/mol. The van der Waals surface area contributed by atoms with Crippen LogP contribution in [0.5, 0.6) is 0 Å². The quantitative estimate of drug-likeness (QED) is 0.102. The molecule has 76 heavy (non-hydrogen) atoms. The number of amides is 1. The van der Waals surface area contributed by atoms with E-state index < -0.39 is 5.97 Å². The first kappa shape index (κ1) is 57.5. The van der Waals surface area contributed by atoms with Gasteiger partial charge in [0.1, 0.15) is 11.4 Å². The van der Waals surface area contributed by atoms with E-state index in [0.29, 0.717) is 24.5 Å². The topological polar surface area (TPSA) is 108 Å². The lowest BCUT2D eigenvalue weighted by atomic mass is 10.2. The number of aromatic carboxylic acids is 1. The van der Waals surface area contributed by atoms with Gasteiger partial charge in [0.25, 0.3) is 5.91 Å². The van der Waals surface area contributed by atoms with Gasteiger partial charge in [-0.05, 0) is 85.6 Å². The summed E-state index contributed by atoms with van der Waals surface area (Å²) in [5.74, 6) is -0.787. The van der Waals surface area contributed by atoms with E-state index in [9.17, 15) is 14.7 Å². The predicted molar refractivity (Wildman–Crippen MR) is 319 cm³/mol. The molecule has 2 N–H and O–H groups in total. The molecule has 0 bridgehead atoms. The Morgan fingerprint density at radius 1 is 0.539 bits per heavy atom. The van der Waals surface area contributed by atoms with Crippen LogP contribution in [-0.4, -0.2) is 146 Å². The number of anilines is 4. The zero-order valence-electron chi connectivity index (χ0n) is 44.0. The molecule has 0 atom stereocenters. The van der Waals surface area contributed by atoms with Crippen molar-refractivity contribution >= 4 is 93.2 Å². The van der Waals surface area contributed by atoms with Crippen LogP contribution < -0.4 is 24.9 Å². The second-order valence-electron chi connectivity index (χ2n) is 19.4. The van der Waals surface area contributed by atoms with E-state index in [1.165, 1.54) is 11.3 Å². The van der Waals surface area contributed by atoms with Gasteiger partial charge in [0, 0.05) is 155 Å². The fourth-order valence-corrected chi connectivity index (χ4v) is 10.7. The molecule has 0 spiro atoms. The highest BCUT2D eigenvalue weighted by atomic mass is 127. The number of hydrogen-bond acceptors (Lipinski definition) is 9. The third kappa shape index (κ3) is 14.2. The molecule has 1 amide bonds. The SMILES string of the molecule is Cc1c(CN2CCN(c3ccccc3Cl)CC2)cc(C(=O)O)n1C.I.[C-]#[N+]c1cccc(N2CCN(C(=O)c3cc(CN4CCN(c5ccccc5Cl)CC4)c(C)n3C)CC2)c1.[C-]#[N+]c1cccc(N2CCNCC2)c1. The number of para-hydroxylation sites is 2. The van der Waals surface area contributed by atoms with Crippen LogP contribution in [0.3, 0.4) is 0 Å². The van der Waals surface area contributed by atoms with Crippen molar-refractivity contribution < 1.29 is 14.7 Å². The van der Waals surface area contributed by atoms with E-state index in [0.717, 1.165) is 160 Å². The minimum Gasteiger partial charge on any atom is -0.477 e. The molecule has 6 heterocycles. The van der Waals surface area contributed by atoms with E-state index in [-0.39, 0.29) is 29.9 Å². The Balaban J connectivity index is 0.000000184. The highest BCUT2D eigenvalue weighted by Gasteiger charge is 2.28. The van der Waals surface area contributed by atoms with Crippen LogP contribution in [0.4, 0.5) is 34.1 Å². The van der Waals surface area contributed by atoms with E-state index >= 15 is 0 Å². The van der Waals surface area contributed by atoms with Gasteiger partial charge < -0.3 is 44.1 Å². The number of benzene rings is 4. The number of carbonyl (C=O) groups excluding carboxylic acids is 1. The Hall–Kier alpha value is -6.25. The number of carboxylic acid groups (broad SMARTS) is 1. The summed E-state index contributed by atoms with van der Waals surface area (Å²) >= 11 is 12.7. The summed E-state index contributed by atoms with van der Waals surface area (Å²) in [5, 5.41) is 14.1. The standard InChI is InChI=1S/C29H33ClN6O.C18H22ClN3O2.C11H13N3.HI/c1-22-23(21-33-11-13-35(14-12-33)27-10-5-4-9-26(27)30)19-28(32(22)3)29(37)36-17-15-34(16-18-36)25-8-6-7-24(20-25)31-2;1-13-14(11-17(18(23)24)20(13)2)12-21-7-9-22(10-8-21)16-6-4-3-5-15(16)19;1-12-10-3-2-4-11(9-10)14-7-5-13-6-8-14;/h4-10,19-20H,11-18,21H2,1,3H3;3-6,11H,7-10,12H2,1-2H3,(H,23,24);2-4,9,13H,5-8H2;1H. The van der Waals surface area contributed by atoms with E-state index in [2.05, 4.69) is 75.6 Å². The minimum absolute atomic E-state index is 0. The molecule has 0 radical (unpaired) electrons. The number of carboxylic acids is 1. The molecular formula is C58H69Cl2IN12O3. The minimum atomic E-state index is -0.879. The number of nitrogens with zero attached hydrogens (tertiary/aromatic N) is 11. The Labute approximate surface area is 475 Å². The maximum Gasteiger partial charge on any atom is 0.352 e. The van der Waals surface area contributed by atoms with Crippen LogP contribution in [0, 0.1) is 27.0 Å². The molecule has 4 fully saturated rings. The fraction of sp³-hybridized carbons (Fsp3) is 0.379. The van der Waals surface area contributed by atoms with Crippen molar-refractivity contribution in [1.29, 1.82) is 0 Å². The lowest BCUT2D eigenvalue weighted by molar-refractivity contribution is 0.0684. The molecule has 6 aromatic rings. The highest BCUT2D eigenvalue weighted by Crippen LogP contribution is 2.30. The Kier molecular flexibility index (Phi) is 20.5. The van der Waals surface area contributed by atoms with Crippen molar-refractivity contribution in [3.05, 3.63) is 176 Å². The van der Waals surface area contributed by atoms with Gasteiger partial charge in [-0.2, -0.15) is 0 Å². The molecule has 4 aromatic carbocycles. The third-order valence-electron chi connectivity index (χ3n) is 15.0. The Morgan fingerprint density at radius 2 is 0.947 bits per heavy atom. The van der Waals surface area contributed by atoms with E-state index in [1.807, 2.05) is 102 Å². The van der Waals surface area contributed by atoms with Crippen molar-refractivity contribution in [3.63, 3.8) is 0 Å². The van der Waals surface area contributed by atoms with Crippen LogP contribution in [0.1, 0.15) is 43.5 Å². The lowest BCUT2D eigenvalue weighted by Crippen LogP contribution is -2.49. The molecular weight excluding hydrogens is 1110 g/mol. The van der Waals surface area contributed by atoms with E-state index in [1.54, 1.807) is 17.7 Å². The average Bonchev–Trinajstić information content (AvgIpc) is 3.90. The molecule has 18 heteroatoms. The van der Waals surface area contributed by atoms with Gasteiger partial charge in [0.05, 0.1) is 34.6 Å². The van der Waals surface area contributed by atoms with Gasteiger partial charge in [0.2, 0.25) is 0 Å². The van der Waals surface area contributed by atoms with Gasteiger partial charge in [-0.1, -0.05) is 71.7 Å². The van der Waals surface area contributed by atoms with Gasteiger partial charge in [0.15, 0.2) is 11.4 Å². The van der Waals surface area contributed by atoms with Crippen LogP contribution in [0.25, 0.3) is 9.69 Å². The predicted octanol–water partition coefficient (Wildman–Crippen LogP) is 10.1.